The Balaban J connectivity index is 1.86. The lowest BCUT2D eigenvalue weighted by molar-refractivity contribution is -0.110. The van der Waals surface area contributed by atoms with E-state index in [1.807, 2.05) is 12.1 Å². The highest BCUT2D eigenvalue weighted by atomic mass is 16.3. The van der Waals surface area contributed by atoms with Gasteiger partial charge < -0.3 is 8.83 Å². The largest absolute Gasteiger partial charge is 0.463 e. The molecule has 2 aromatic heterocycles. The normalized spacial score (nSPS) is 17.2. The summed E-state index contributed by atoms with van der Waals surface area (Å²) in [4.78, 5) is 20.3. The molecule has 0 saturated heterocycles. The second-order valence-corrected chi connectivity index (χ2v) is 4.72. The number of carbonyl (C=O) groups excluding carboxylic acids is 1. The Hall–Kier alpha value is -3.21. The third kappa shape index (κ3) is 2.09. The maximum absolute atomic E-state index is 11.2. The van der Waals surface area contributed by atoms with Crippen LogP contribution in [0.15, 0.2) is 91.3 Å². The van der Waals surface area contributed by atoms with Crippen molar-refractivity contribution in [2.45, 2.75) is 0 Å². The predicted octanol–water partition coefficient (Wildman–Crippen LogP) is 3.07. The molecule has 22 heavy (non-hydrogen) atoms. The van der Waals surface area contributed by atoms with E-state index in [2.05, 4.69) is 9.98 Å². The number of carbonyl (C=O) groups is 1. The average molecular weight is 290 g/mol. The van der Waals surface area contributed by atoms with E-state index in [1.54, 1.807) is 36.8 Å². The van der Waals surface area contributed by atoms with Gasteiger partial charge in [0, 0.05) is 5.57 Å². The Kier molecular flexibility index (Phi) is 2.83. The molecule has 0 saturated carbocycles. The standard InChI is InChI=1S/C17H10N2O3/c20-12-7-5-11(6-8-12)17-18-15(13-3-1-9-21-13)16(19-17)14-4-2-10-22-14/h1-10H. The maximum atomic E-state index is 11.2. The van der Waals surface area contributed by atoms with E-state index >= 15 is 0 Å². The monoisotopic (exact) mass is 290 g/mol. The fourth-order valence-electron chi connectivity index (χ4n) is 2.25. The first-order chi connectivity index (χ1) is 10.8. The molecule has 0 unspecified atom stereocenters. The number of hydrogen-bond acceptors (Lipinski definition) is 5. The first-order valence-corrected chi connectivity index (χ1v) is 6.71. The van der Waals surface area contributed by atoms with E-state index in [4.69, 9.17) is 8.83 Å². The molecule has 0 aromatic carbocycles. The van der Waals surface area contributed by atoms with Crippen molar-refractivity contribution in [3.8, 4) is 0 Å². The zero-order valence-corrected chi connectivity index (χ0v) is 11.4. The summed E-state index contributed by atoms with van der Waals surface area (Å²) in [6, 6.07) is 7.23. The summed E-state index contributed by atoms with van der Waals surface area (Å²) in [5, 5.41) is 0. The molecule has 4 rings (SSSR count). The Morgan fingerprint density at radius 1 is 0.773 bits per heavy atom. The molecule has 2 aromatic rings. The van der Waals surface area contributed by atoms with Gasteiger partial charge in [-0.2, -0.15) is 0 Å². The molecule has 0 atom stereocenters. The van der Waals surface area contributed by atoms with E-state index in [1.165, 1.54) is 12.2 Å². The Morgan fingerprint density at radius 2 is 1.32 bits per heavy atom. The number of hydrogen-bond donors (Lipinski definition) is 0. The van der Waals surface area contributed by atoms with Gasteiger partial charge in [0.15, 0.2) is 23.1 Å². The topological polar surface area (TPSA) is 68.1 Å². The number of rotatable bonds is 2. The predicted molar refractivity (Wildman–Crippen MR) is 80.8 cm³/mol. The summed E-state index contributed by atoms with van der Waals surface area (Å²) in [6.45, 7) is 0. The summed E-state index contributed by atoms with van der Waals surface area (Å²) in [7, 11) is 0. The fourth-order valence-corrected chi connectivity index (χ4v) is 2.25. The molecule has 2 aliphatic rings. The number of furan rings is 2. The van der Waals surface area contributed by atoms with E-state index in [-0.39, 0.29) is 5.78 Å². The minimum Gasteiger partial charge on any atom is -0.463 e. The van der Waals surface area contributed by atoms with Crippen molar-refractivity contribution in [1.82, 2.24) is 0 Å². The number of ketones is 1. The second kappa shape index (κ2) is 4.96. The second-order valence-electron chi connectivity index (χ2n) is 4.72. The smallest absolute Gasteiger partial charge is 0.178 e. The highest BCUT2D eigenvalue weighted by molar-refractivity contribution is 6.53. The highest BCUT2D eigenvalue weighted by Gasteiger charge is 2.25. The lowest BCUT2D eigenvalue weighted by Crippen LogP contribution is -2.12. The first-order valence-electron chi connectivity index (χ1n) is 6.71. The van der Waals surface area contributed by atoms with Crippen LogP contribution in [0, 0.1) is 0 Å². The maximum Gasteiger partial charge on any atom is 0.178 e. The zero-order chi connectivity index (χ0) is 14.9. The van der Waals surface area contributed by atoms with Gasteiger partial charge in [0.05, 0.1) is 12.5 Å². The van der Waals surface area contributed by atoms with Crippen LogP contribution in [0.2, 0.25) is 0 Å². The van der Waals surface area contributed by atoms with E-state index in [0.29, 0.717) is 28.8 Å². The van der Waals surface area contributed by atoms with E-state index in [0.717, 1.165) is 5.57 Å². The van der Waals surface area contributed by atoms with Gasteiger partial charge >= 0.3 is 0 Å². The molecule has 0 amide bonds. The average Bonchev–Trinajstić information content (AvgIpc) is 3.27. The minimum absolute atomic E-state index is 0.0483. The van der Waals surface area contributed by atoms with Crippen molar-refractivity contribution in [3.05, 3.63) is 84.0 Å². The van der Waals surface area contributed by atoms with Gasteiger partial charge in [-0.25, -0.2) is 9.98 Å². The van der Waals surface area contributed by atoms with Gasteiger partial charge in [0.2, 0.25) is 0 Å². The van der Waals surface area contributed by atoms with Crippen LogP contribution in [-0.2, 0) is 4.79 Å². The molecule has 1 aliphatic heterocycles. The number of aliphatic imine (C=N–C) groups is 2. The fraction of sp³-hybridized carbons (Fsp3) is 0. The minimum atomic E-state index is -0.0483. The summed E-state index contributed by atoms with van der Waals surface area (Å²) < 4.78 is 10.9. The molecule has 0 fully saturated rings. The SMILES string of the molecule is O=C1C=CC(=C2N=C(c3ccco3)C(c3ccco3)=N2)C=C1. The van der Waals surface area contributed by atoms with Crippen LogP contribution in [0.25, 0.3) is 0 Å². The molecule has 0 N–H and O–H groups in total. The Bertz CT molecular complexity index is 806. The van der Waals surface area contributed by atoms with Crippen molar-refractivity contribution < 1.29 is 13.6 Å². The Labute approximate surface area is 125 Å². The van der Waals surface area contributed by atoms with Gasteiger partial charge in [-0.3, -0.25) is 4.79 Å². The summed E-state index contributed by atoms with van der Waals surface area (Å²) in [5.41, 5.74) is 1.99. The van der Waals surface area contributed by atoms with Crippen LogP contribution < -0.4 is 0 Å². The lowest BCUT2D eigenvalue weighted by Gasteiger charge is -1.99. The zero-order valence-electron chi connectivity index (χ0n) is 11.4. The van der Waals surface area contributed by atoms with Gasteiger partial charge in [0.1, 0.15) is 11.4 Å². The van der Waals surface area contributed by atoms with Gasteiger partial charge in [-0.1, -0.05) is 0 Å². The van der Waals surface area contributed by atoms with Crippen LogP contribution >= 0.6 is 0 Å². The molecule has 0 bridgehead atoms. The Morgan fingerprint density at radius 3 is 1.77 bits per heavy atom. The van der Waals surface area contributed by atoms with Crippen LogP contribution in [0.1, 0.15) is 11.5 Å². The lowest BCUT2D eigenvalue weighted by atomic mass is 10.1. The van der Waals surface area contributed by atoms with E-state index in [9.17, 15) is 4.79 Å². The van der Waals surface area contributed by atoms with E-state index < -0.39 is 0 Å². The van der Waals surface area contributed by atoms with Crippen LogP contribution in [0.5, 0.6) is 0 Å². The molecule has 5 nitrogen and oxygen atoms in total. The summed E-state index contributed by atoms with van der Waals surface area (Å²) in [6.07, 6.45) is 9.56. The number of nitrogens with zero attached hydrogens (tertiary/aromatic N) is 2. The van der Waals surface area contributed by atoms with Crippen molar-refractivity contribution >= 4 is 17.2 Å². The quantitative estimate of drug-likeness (QED) is 0.853. The molecule has 0 radical (unpaired) electrons. The van der Waals surface area contributed by atoms with Gasteiger partial charge in [-0.15, -0.1) is 0 Å². The number of allylic oxidation sites excluding steroid dienone is 5. The summed E-state index contributed by atoms with van der Waals surface area (Å²) in [5.74, 6) is 1.71. The molecular weight excluding hydrogens is 280 g/mol. The molecule has 3 heterocycles. The first kappa shape index (κ1) is 12.5. The van der Waals surface area contributed by atoms with Crippen LogP contribution in [-0.4, -0.2) is 17.2 Å². The molecule has 5 heteroatoms. The third-order valence-corrected chi connectivity index (χ3v) is 3.28. The molecule has 0 spiro atoms. The van der Waals surface area contributed by atoms with Crippen molar-refractivity contribution in [2.75, 3.05) is 0 Å². The van der Waals surface area contributed by atoms with Crippen molar-refractivity contribution in [2.24, 2.45) is 9.98 Å². The molecule has 106 valence electrons. The van der Waals surface area contributed by atoms with Gasteiger partial charge in [0.25, 0.3) is 0 Å². The molecule has 1 aliphatic carbocycles. The highest BCUT2D eigenvalue weighted by Crippen LogP contribution is 2.24. The van der Waals surface area contributed by atoms with Crippen molar-refractivity contribution in [1.29, 1.82) is 0 Å². The van der Waals surface area contributed by atoms with Gasteiger partial charge in [-0.05, 0) is 48.6 Å². The molecular formula is C17H10N2O3. The summed E-state index contributed by atoms with van der Waals surface area (Å²) >= 11 is 0. The third-order valence-electron chi connectivity index (χ3n) is 3.28. The van der Waals surface area contributed by atoms with Crippen LogP contribution in [0.3, 0.4) is 0 Å². The van der Waals surface area contributed by atoms with Crippen molar-refractivity contribution in [3.63, 3.8) is 0 Å². The van der Waals surface area contributed by atoms with Crippen LogP contribution in [0.4, 0.5) is 0 Å².